The van der Waals surface area contributed by atoms with Gasteiger partial charge in [-0.25, -0.2) is 14.4 Å². The molecule has 2 aromatic carbocycles. The number of aromatic nitrogens is 5. The summed E-state index contributed by atoms with van der Waals surface area (Å²) in [6, 6.07) is 11.0. The number of hydrogen-bond donors (Lipinski definition) is 2. The highest BCUT2D eigenvalue weighted by Gasteiger charge is 2.43. The highest BCUT2D eigenvalue weighted by molar-refractivity contribution is 6.03. The van der Waals surface area contributed by atoms with E-state index in [1.54, 1.807) is 12.4 Å². The molecule has 0 aliphatic heterocycles. The van der Waals surface area contributed by atoms with Gasteiger partial charge < -0.3 is 19.2 Å². The number of benzene rings is 2. The van der Waals surface area contributed by atoms with Crippen LogP contribution < -0.4 is 5.32 Å². The number of imidazole rings is 1. The van der Waals surface area contributed by atoms with Gasteiger partial charge in [0.15, 0.2) is 0 Å². The Kier molecular flexibility index (Phi) is 4.32. The number of rotatable bonds is 5. The number of nitrogens with one attached hydrogen (secondary N) is 2. The summed E-state index contributed by atoms with van der Waals surface area (Å²) in [5.74, 6) is 0.235. The highest BCUT2D eigenvalue weighted by Crippen LogP contribution is 2.43. The maximum absolute atomic E-state index is 13.3. The Morgan fingerprint density at radius 3 is 2.97 bits per heavy atom. The van der Waals surface area contributed by atoms with Gasteiger partial charge in [-0.2, -0.15) is 4.98 Å². The molecule has 1 fully saturated rings. The molecule has 33 heavy (non-hydrogen) atoms. The molecule has 0 saturated heterocycles. The van der Waals surface area contributed by atoms with Gasteiger partial charge in [0.2, 0.25) is 23.4 Å². The molecule has 0 radical (unpaired) electrons. The molecule has 1 saturated carbocycles. The van der Waals surface area contributed by atoms with Crippen LogP contribution in [-0.4, -0.2) is 37.2 Å². The summed E-state index contributed by atoms with van der Waals surface area (Å²) in [5.41, 5.74) is 4.28. The number of nitrogens with zero attached hydrogens (tertiary/aromatic N) is 4. The Morgan fingerprint density at radius 1 is 1.24 bits per heavy atom. The normalized spacial score (nSPS) is 17.4. The van der Waals surface area contributed by atoms with E-state index in [-0.39, 0.29) is 11.7 Å². The Labute approximate surface area is 186 Å². The summed E-state index contributed by atoms with van der Waals surface area (Å²) in [6.07, 6.45) is 2.46. The van der Waals surface area contributed by atoms with Crippen LogP contribution in [0.25, 0.3) is 33.9 Å². The molecular weight excluding hydrogens is 427 g/mol. The molecule has 2 N–H and O–H groups in total. The number of H-pyrrole nitrogens is 1. The number of alkyl halides is 1. The van der Waals surface area contributed by atoms with E-state index in [0.717, 1.165) is 11.1 Å². The number of anilines is 1. The minimum atomic E-state index is -0.919. The first kappa shape index (κ1) is 19.4. The van der Waals surface area contributed by atoms with E-state index in [1.165, 1.54) is 6.20 Å². The standard InChI is InChI=1S/C23H17FN6O3/c1-11-5-6-12(20-29-23(33-30-20)14-8-15(14)24)7-17(11)28-21(31)18-9-25-22(32-18)13-3-2-4-16-19(13)27-10-26-16/h2-7,9-10,14-15H,8H2,1H3,(H,26,27)(H,28,31)/t14-,15-/m0/s1. The van der Waals surface area contributed by atoms with Crippen LogP contribution in [0.3, 0.4) is 0 Å². The predicted molar refractivity (Wildman–Crippen MR) is 116 cm³/mol. The molecule has 10 heteroatoms. The van der Waals surface area contributed by atoms with Crippen molar-refractivity contribution in [3.8, 4) is 22.8 Å². The summed E-state index contributed by atoms with van der Waals surface area (Å²) >= 11 is 0. The molecule has 1 aliphatic carbocycles. The zero-order valence-electron chi connectivity index (χ0n) is 17.4. The van der Waals surface area contributed by atoms with Crippen molar-refractivity contribution in [1.29, 1.82) is 0 Å². The Bertz CT molecular complexity index is 1500. The van der Waals surface area contributed by atoms with Crippen LogP contribution in [0, 0.1) is 6.92 Å². The summed E-state index contributed by atoms with van der Waals surface area (Å²) < 4.78 is 24.2. The van der Waals surface area contributed by atoms with Crippen molar-refractivity contribution in [3.63, 3.8) is 0 Å². The van der Waals surface area contributed by atoms with Crippen molar-refractivity contribution in [1.82, 2.24) is 25.1 Å². The minimum Gasteiger partial charge on any atom is -0.431 e. The molecule has 5 aromatic rings. The first-order chi connectivity index (χ1) is 16.1. The SMILES string of the molecule is Cc1ccc(-c2noc([C@H]3C[C@@H]3F)n2)cc1NC(=O)c1cnc(-c2cccc3[nH]cnc23)o1. The third kappa shape index (κ3) is 3.45. The van der Waals surface area contributed by atoms with E-state index in [4.69, 9.17) is 8.94 Å². The molecule has 9 nitrogen and oxygen atoms in total. The highest BCUT2D eigenvalue weighted by atomic mass is 19.1. The maximum Gasteiger partial charge on any atom is 0.293 e. The van der Waals surface area contributed by atoms with E-state index in [0.29, 0.717) is 46.4 Å². The molecule has 3 heterocycles. The average molecular weight is 444 g/mol. The predicted octanol–water partition coefficient (Wildman–Crippen LogP) is 4.65. The third-order valence-corrected chi connectivity index (χ3v) is 5.63. The smallest absolute Gasteiger partial charge is 0.293 e. The number of amides is 1. The third-order valence-electron chi connectivity index (χ3n) is 5.63. The van der Waals surface area contributed by atoms with Crippen LogP contribution in [0.4, 0.5) is 10.1 Å². The van der Waals surface area contributed by atoms with Crippen molar-refractivity contribution in [2.75, 3.05) is 5.32 Å². The fourth-order valence-corrected chi connectivity index (χ4v) is 3.64. The molecule has 2 atom stereocenters. The maximum atomic E-state index is 13.3. The largest absolute Gasteiger partial charge is 0.431 e. The number of para-hydroxylation sites is 1. The molecule has 0 bridgehead atoms. The zero-order valence-corrected chi connectivity index (χ0v) is 17.4. The lowest BCUT2D eigenvalue weighted by molar-refractivity contribution is 0.0997. The number of hydrogen-bond acceptors (Lipinski definition) is 7. The first-order valence-electron chi connectivity index (χ1n) is 10.3. The number of aryl methyl sites for hydroxylation is 1. The van der Waals surface area contributed by atoms with Gasteiger partial charge in [-0.1, -0.05) is 23.4 Å². The van der Waals surface area contributed by atoms with Crippen LogP contribution in [0.5, 0.6) is 0 Å². The average Bonchev–Trinajstić information content (AvgIpc) is 3.29. The summed E-state index contributed by atoms with van der Waals surface area (Å²) in [6.45, 7) is 1.86. The van der Waals surface area contributed by atoms with E-state index in [9.17, 15) is 9.18 Å². The van der Waals surface area contributed by atoms with Crippen molar-refractivity contribution >= 4 is 22.6 Å². The van der Waals surface area contributed by atoms with Crippen LogP contribution in [0.1, 0.15) is 34.3 Å². The topological polar surface area (TPSA) is 123 Å². The van der Waals surface area contributed by atoms with Crippen LogP contribution >= 0.6 is 0 Å². The van der Waals surface area contributed by atoms with Gasteiger partial charge in [-0.15, -0.1) is 0 Å². The second kappa shape index (κ2) is 7.37. The molecule has 0 unspecified atom stereocenters. The van der Waals surface area contributed by atoms with Gasteiger partial charge in [0.25, 0.3) is 5.91 Å². The van der Waals surface area contributed by atoms with Crippen LogP contribution in [0.15, 0.2) is 57.9 Å². The number of fused-ring (bicyclic) bond motifs is 1. The number of oxazole rings is 1. The zero-order chi connectivity index (χ0) is 22.5. The molecular formula is C23H17FN6O3. The number of aromatic amines is 1. The van der Waals surface area contributed by atoms with E-state index in [2.05, 4.69) is 30.4 Å². The van der Waals surface area contributed by atoms with Gasteiger partial charge in [0.1, 0.15) is 11.7 Å². The van der Waals surface area contributed by atoms with E-state index >= 15 is 0 Å². The van der Waals surface area contributed by atoms with Crippen molar-refractivity contribution in [2.24, 2.45) is 0 Å². The number of halogens is 1. The van der Waals surface area contributed by atoms with Gasteiger partial charge in [0.05, 0.1) is 29.5 Å². The van der Waals surface area contributed by atoms with Gasteiger partial charge in [-0.05, 0) is 37.1 Å². The quantitative estimate of drug-likeness (QED) is 0.404. The number of carbonyl (C=O) groups is 1. The lowest BCUT2D eigenvalue weighted by Crippen LogP contribution is -2.12. The Balaban J connectivity index is 1.24. The lowest BCUT2D eigenvalue weighted by Gasteiger charge is -2.08. The van der Waals surface area contributed by atoms with Gasteiger partial charge in [-0.3, -0.25) is 4.79 Å². The number of carbonyl (C=O) groups excluding carboxylic acids is 1. The Morgan fingerprint density at radius 2 is 2.12 bits per heavy atom. The molecule has 1 amide bonds. The first-order valence-corrected chi connectivity index (χ1v) is 10.3. The minimum absolute atomic E-state index is 0.0620. The van der Waals surface area contributed by atoms with Crippen molar-refractivity contribution in [2.45, 2.75) is 25.4 Å². The lowest BCUT2D eigenvalue weighted by atomic mass is 10.1. The second-order valence-electron chi connectivity index (χ2n) is 7.93. The fourth-order valence-electron chi connectivity index (χ4n) is 3.64. The Hall–Kier alpha value is -4.34. The molecule has 3 aromatic heterocycles. The monoisotopic (exact) mass is 444 g/mol. The second-order valence-corrected chi connectivity index (χ2v) is 7.93. The van der Waals surface area contributed by atoms with E-state index in [1.807, 2.05) is 37.3 Å². The fraction of sp³-hybridized carbons (Fsp3) is 0.174. The van der Waals surface area contributed by atoms with Gasteiger partial charge >= 0.3 is 0 Å². The van der Waals surface area contributed by atoms with Crippen LogP contribution in [0.2, 0.25) is 0 Å². The van der Waals surface area contributed by atoms with Gasteiger partial charge in [0, 0.05) is 11.3 Å². The van der Waals surface area contributed by atoms with E-state index < -0.39 is 12.1 Å². The van der Waals surface area contributed by atoms with Crippen molar-refractivity contribution < 1.29 is 18.1 Å². The summed E-state index contributed by atoms with van der Waals surface area (Å²) in [5, 5.41) is 6.79. The molecule has 6 rings (SSSR count). The van der Waals surface area contributed by atoms with Crippen molar-refractivity contribution in [3.05, 3.63) is 66.1 Å². The molecule has 0 spiro atoms. The summed E-state index contributed by atoms with van der Waals surface area (Å²) in [4.78, 5) is 28.7. The summed E-state index contributed by atoms with van der Waals surface area (Å²) in [7, 11) is 0. The van der Waals surface area contributed by atoms with Crippen LogP contribution in [-0.2, 0) is 0 Å². The molecule has 164 valence electrons. The molecule has 1 aliphatic rings.